The Labute approximate surface area is 116 Å². The van der Waals surface area contributed by atoms with E-state index in [2.05, 4.69) is 24.3 Å². The lowest BCUT2D eigenvalue weighted by atomic mass is 9.85. The third-order valence-electron chi connectivity index (χ3n) is 3.98. The third-order valence-corrected chi connectivity index (χ3v) is 3.98. The van der Waals surface area contributed by atoms with Gasteiger partial charge in [0.25, 0.3) is 0 Å². The van der Waals surface area contributed by atoms with E-state index < -0.39 is 5.41 Å². The van der Waals surface area contributed by atoms with Crippen LogP contribution in [-0.4, -0.2) is 23.5 Å². The Morgan fingerprint density at radius 3 is 2.47 bits per heavy atom. The number of nitrogens with one attached hydrogen (secondary N) is 1. The summed E-state index contributed by atoms with van der Waals surface area (Å²) in [7, 11) is 0. The maximum absolute atomic E-state index is 12.2. The number of nitrogens with zero attached hydrogens (tertiary/aromatic N) is 1. The average Bonchev–Trinajstić information content (AvgIpc) is 2.45. The first kappa shape index (κ1) is 17.7. The fourth-order valence-electron chi connectivity index (χ4n) is 1.94. The molecule has 2 atom stereocenters. The summed E-state index contributed by atoms with van der Waals surface area (Å²) in [6, 6.07) is 0. The highest BCUT2D eigenvalue weighted by molar-refractivity contribution is 6.06. The summed E-state index contributed by atoms with van der Waals surface area (Å²) >= 11 is 0. The van der Waals surface area contributed by atoms with E-state index in [1.54, 1.807) is 6.92 Å². The van der Waals surface area contributed by atoms with Crippen molar-refractivity contribution in [2.75, 3.05) is 6.54 Å². The second-order valence-corrected chi connectivity index (χ2v) is 5.30. The molecule has 19 heavy (non-hydrogen) atoms. The lowest BCUT2D eigenvalue weighted by Crippen LogP contribution is -2.48. The predicted molar refractivity (Wildman–Crippen MR) is 78.1 cm³/mol. The number of amidine groups is 1. The Hall–Kier alpha value is -1.26. The number of rotatable bonds is 9. The van der Waals surface area contributed by atoms with Crippen LogP contribution in [0.3, 0.4) is 0 Å². The van der Waals surface area contributed by atoms with Crippen molar-refractivity contribution in [1.29, 1.82) is 0 Å². The first-order chi connectivity index (χ1) is 8.96. The summed E-state index contributed by atoms with van der Waals surface area (Å²) < 4.78 is 0. The number of nitrogens with two attached hydrogens (primary N) is 1. The fraction of sp³-hybridized carbons (Fsp3) is 0.857. The minimum atomic E-state index is -0.933. The first-order valence-corrected chi connectivity index (χ1v) is 7.22. The van der Waals surface area contributed by atoms with Crippen LogP contribution in [0.5, 0.6) is 0 Å². The van der Waals surface area contributed by atoms with Crippen LogP contribution in [-0.2, 0) is 4.79 Å². The van der Waals surface area contributed by atoms with Gasteiger partial charge in [-0.1, -0.05) is 45.2 Å². The van der Waals surface area contributed by atoms with Crippen LogP contribution in [0.15, 0.2) is 5.16 Å². The summed E-state index contributed by atoms with van der Waals surface area (Å²) in [5.74, 6) is 0.298. The van der Waals surface area contributed by atoms with Crippen LogP contribution in [0, 0.1) is 11.3 Å². The Kier molecular flexibility index (Phi) is 8.19. The molecule has 2 unspecified atom stereocenters. The number of carbonyl (C=O) groups is 1. The van der Waals surface area contributed by atoms with E-state index in [0.717, 1.165) is 12.8 Å². The van der Waals surface area contributed by atoms with E-state index in [4.69, 9.17) is 10.9 Å². The SMILES string of the molecule is CCCCC(CC)CNC(=O)C(C)(CC)C(N)=NO. The predicted octanol–water partition coefficient (Wildman–Crippen LogP) is 2.48. The molecule has 5 heteroatoms. The zero-order chi connectivity index (χ0) is 14.9. The molecule has 0 heterocycles. The minimum absolute atomic E-state index is 0.0332. The molecule has 0 aliphatic carbocycles. The van der Waals surface area contributed by atoms with Crippen LogP contribution in [0.1, 0.15) is 59.8 Å². The summed E-state index contributed by atoms with van der Waals surface area (Å²) in [4.78, 5) is 12.2. The van der Waals surface area contributed by atoms with Gasteiger partial charge in [-0.15, -0.1) is 0 Å². The molecule has 0 bridgehead atoms. The van der Waals surface area contributed by atoms with Gasteiger partial charge in [0.15, 0.2) is 5.84 Å². The van der Waals surface area contributed by atoms with Crippen molar-refractivity contribution in [2.45, 2.75) is 59.8 Å². The van der Waals surface area contributed by atoms with E-state index in [9.17, 15) is 4.79 Å². The van der Waals surface area contributed by atoms with Crippen molar-refractivity contribution in [3.8, 4) is 0 Å². The molecule has 112 valence electrons. The molecule has 4 N–H and O–H groups in total. The lowest BCUT2D eigenvalue weighted by molar-refractivity contribution is -0.127. The van der Waals surface area contributed by atoms with Gasteiger partial charge in [-0.2, -0.15) is 0 Å². The molecule has 0 fully saturated rings. The second kappa shape index (κ2) is 8.77. The normalized spacial score (nSPS) is 16.7. The standard InChI is InChI=1S/C14H29N3O2/c1-5-8-9-11(6-2)10-16-13(18)14(4,7-3)12(15)17-19/h11,19H,5-10H2,1-4H3,(H2,15,17)(H,16,18). The van der Waals surface area contributed by atoms with Crippen LogP contribution in [0.25, 0.3) is 0 Å². The largest absolute Gasteiger partial charge is 0.409 e. The molecular formula is C14H29N3O2. The summed E-state index contributed by atoms with van der Waals surface area (Å²) in [6.07, 6.45) is 5.02. The van der Waals surface area contributed by atoms with E-state index in [-0.39, 0.29) is 11.7 Å². The van der Waals surface area contributed by atoms with Crippen LogP contribution in [0.4, 0.5) is 0 Å². The molecule has 0 radical (unpaired) electrons. The van der Waals surface area contributed by atoms with Gasteiger partial charge in [-0.25, -0.2) is 0 Å². The molecule has 5 nitrogen and oxygen atoms in total. The molecule has 0 aromatic heterocycles. The molecule has 0 saturated carbocycles. The summed E-state index contributed by atoms with van der Waals surface area (Å²) in [6.45, 7) is 8.51. The molecule has 0 aliphatic heterocycles. The Balaban J connectivity index is 4.50. The van der Waals surface area contributed by atoms with E-state index in [1.807, 2.05) is 6.92 Å². The highest BCUT2D eigenvalue weighted by atomic mass is 16.4. The maximum atomic E-state index is 12.2. The van der Waals surface area contributed by atoms with Gasteiger partial charge in [-0.05, 0) is 25.7 Å². The topological polar surface area (TPSA) is 87.7 Å². The average molecular weight is 271 g/mol. The van der Waals surface area contributed by atoms with Gasteiger partial charge in [0.05, 0.1) is 0 Å². The van der Waals surface area contributed by atoms with Crippen molar-refractivity contribution in [2.24, 2.45) is 22.2 Å². The lowest BCUT2D eigenvalue weighted by Gasteiger charge is -2.26. The van der Waals surface area contributed by atoms with Gasteiger partial charge in [0, 0.05) is 6.54 Å². The van der Waals surface area contributed by atoms with Crippen molar-refractivity contribution in [1.82, 2.24) is 5.32 Å². The van der Waals surface area contributed by atoms with Gasteiger partial charge < -0.3 is 16.3 Å². The van der Waals surface area contributed by atoms with E-state index in [0.29, 0.717) is 18.9 Å². The fourth-order valence-corrected chi connectivity index (χ4v) is 1.94. The van der Waals surface area contributed by atoms with Crippen molar-refractivity contribution in [3.05, 3.63) is 0 Å². The zero-order valence-electron chi connectivity index (χ0n) is 12.7. The quantitative estimate of drug-likeness (QED) is 0.260. The molecule has 0 aromatic rings. The van der Waals surface area contributed by atoms with Crippen molar-refractivity contribution >= 4 is 11.7 Å². The minimum Gasteiger partial charge on any atom is -0.409 e. The van der Waals surface area contributed by atoms with Gasteiger partial charge in [-0.3, -0.25) is 4.79 Å². The number of hydrogen-bond donors (Lipinski definition) is 3. The highest BCUT2D eigenvalue weighted by Gasteiger charge is 2.36. The molecule has 0 aliphatic rings. The molecule has 0 saturated heterocycles. The monoisotopic (exact) mass is 271 g/mol. The molecule has 0 spiro atoms. The molecular weight excluding hydrogens is 242 g/mol. The van der Waals surface area contributed by atoms with E-state index >= 15 is 0 Å². The number of amides is 1. The van der Waals surface area contributed by atoms with Crippen molar-refractivity contribution < 1.29 is 10.0 Å². The highest BCUT2D eigenvalue weighted by Crippen LogP contribution is 2.22. The second-order valence-electron chi connectivity index (χ2n) is 5.30. The number of carbonyl (C=O) groups excluding carboxylic acids is 1. The van der Waals surface area contributed by atoms with Crippen LogP contribution >= 0.6 is 0 Å². The summed E-state index contributed by atoms with van der Waals surface area (Å²) in [5.41, 5.74) is 4.69. The van der Waals surface area contributed by atoms with Crippen LogP contribution < -0.4 is 11.1 Å². The van der Waals surface area contributed by atoms with Gasteiger partial charge in [0.2, 0.25) is 5.91 Å². The third kappa shape index (κ3) is 5.09. The zero-order valence-corrected chi connectivity index (χ0v) is 12.7. The summed E-state index contributed by atoms with van der Waals surface area (Å²) in [5, 5.41) is 14.7. The van der Waals surface area contributed by atoms with Crippen LogP contribution in [0.2, 0.25) is 0 Å². The van der Waals surface area contributed by atoms with E-state index in [1.165, 1.54) is 12.8 Å². The maximum Gasteiger partial charge on any atom is 0.233 e. The van der Waals surface area contributed by atoms with Gasteiger partial charge >= 0.3 is 0 Å². The molecule has 0 aromatic carbocycles. The number of oxime groups is 1. The number of unbranched alkanes of at least 4 members (excludes halogenated alkanes) is 1. The first-order valence-electron chi connectivity index (χ1n) is 7.22. The smallest absolute Gasteiger partial charge is 0.233 e. The Morgan fingerprint density at radius 2 is 2.05 bits per heavy atom. The number of hydrogen-bond acceptors (Lipinski definition) is 3. The van der Waals surface area contributed by atoms with Crippen molar-refractivity contribution in [3.63, 3.8) is 0 Å². The Bertz CT molecular complexity index is 305. The molecule has 1 amide bonds. The Morgan fingerprint density at radius 1 is 1.42 bits per heavy atom. The molecule has 0 rings (SSSR count). The van der Waals surface area contributed by atoms with Gasteiger partial charge in [0.1, 0.15) is 5.41 Å².